The van der Waals surface area contributed by atoms with E-state index in [9.17, 15) is 9.59 Å². The Morgan fingerprint density at radius 3 is 2.44 bits per heavy atom. The molecule has 3 amide bonds. The SMILES string of the molecule is O=C(Cc1cc(Cl)c2c(c1)OCCCO2)N1CCCN(C(=O)Nc2ccc(Cl)cc2)CC1. The number of fused-ring (bicyclic) bond motifs is 1. The Kier molecular flexibility index (Phi) is 7.27. The minimum absolute atomic E-state index is 0.00415. The number of urea groups is 1. The normalized spacial score (nSPS) is 16.2. The number of carbonyl (C=O) groups excluding carboxylic acids is 2. The second-order valence-electron chi connectivity index (χ2n) is 7.79. The average Bonchev–Trinajstić information content (AvgIpc) is 3.16. The molecule has 0 spiro atoms. The van der Waals surface area contributed by atoms with Gasteiger partial charge in [-0.15, -0.1) is 0 Å². The number of nitrogens with one attached hydrogen (secondary N) is 1. The van der Waals surface area contributed by atoms with Crippen LogP contribution in [-0.4, -0.2) is 61.1 Å². The molecule has 9 heteroatoms. The molecule has 0 saturated carbocycles. The molecule has 170 valence electrons. The van der Waals surface area contributed by atoms with Gasteiger partial charge in [0.2, 0.25) is 5.91 Å². The van der Waals surface area contributed by atoms with E-state index < -0.39 is 0 Å². The number of benzene rings is 2. The minimum atomic E-state index is -0.184. The summed E-state index contributed by atoms with van der Waals surface area (Å²) in [6, 6.07) is 10.4. The lowest BCUT2D eigenvalue weighted by Crippen LogP contribution is -2.39. The maximum atomic E-state index is 12.9. The number of hydrogen-bond donors (Lipinski definition) is 1. The summed E-state index contributed by atoms with van der Waals surface area (Å²) in [5.41, 5.74) is 1.47. The first-order valence-corrected chi connectivity index (χ1v) is 11.4. The Bertz CT molecular complexity index is 984. The van der Waals surface area contributed by atoms with Crippen molar-refractivity contribution >= 4 is 40.8 Å². The topological polar surface area (TPSA) is 71.1 Å². The third-order valence-corrected chi connectivity index (χ3v) is 5.98. The van der Waals surface area contributed by atoms with E-state index in [0.29, 0.717) is 73.0 Å². The maximum Gasteiger partial charge on any atom is 0.321 e. The predicted molar refractivity (Wildman–Crippen MR) is 124 cm³/mol. The molecular weight excluding hydrogens is 453 g/mol. The number of rotatable bonds is 3. The van der Waals surface area contributed by atoms with Crippen LogP contribution in [0.4, 0.5) is 10.5 Å². The molecule has 2 aliphatic rings. The largest absolute Gasteiger partial charge is 0.489 e. The third-order valence-electron chi connectivity index (χ3n) is 5.45. The Hall–Kier alpha value is -2.64. The van der Waals surface area contributed by atoms with Crippen molar-refractivity contribution in [3.8, 4) is 11.5 Å². The average molecular weight is 478 g/mol. The summed E-state index contributed by atoms with van der Waals surface area (Å²) in [5, 5.41) is 3.94. The number of anilines is 1. The molecule has 2 aromatic rings. The zero-order chi connectivity index (χ0) is 22.5. The lowest BCUT2D eigenvalue weighted by molar-refractivity contribution is -0.130. The molecule has 2 aliphatic heterocycles. The fraction of sp³-hybridized carbons (Fsp3) is 0.391. The van der Waals surface area contributed by atoms with Crippen LogP contribution < -0.4 is 14.8 Å². The first kappa shape index (κ1) is 22.6. The molecule has 1 N–H and O–H groups in total. The molecule has 2 aromatic carbocycles. The maximum absolute atomic E-state index is 12.9. The van der Waals surface area contributed by atoms with Crippen molar-refractivity contribution in [2.45, 2.75) is 19.3 Å². The summed E-state index contributed by atoms with van der Waals surface area (Å²) >= 11 is 12.2. The van der Waals surface area contributed by atoms with Crippen LogP contribution in [0.2, 0.25) is 10.0 Å². The van der Waals surface area contributed by atoms with Gasteiger partial charge in [-0.05, 0) is 48.4 Å². The van der Waals surface area contributed by atoms with Gasteiger partial charge in [-0.2, -0.15) is 0 Å². The van der Waals surface area contributed by atoms with E-state index in [4.69, 9.17) is 32.7 Å². The standard InChI is InChI=1S/C23H25Cl2N3O4/c24-17-3-5-18(6-4-17)26-23(30)28-8-1-7-27(9-10-28)21(29)15-16-13-19(25)22-20(14-16)31-11-2-12-32-22/h3-6,13-14H,1-2,7-12,15H2,(H,26,30). The van der Waals surface area contributed by atoms with Gasteiger partial charge in [0.25, 0.3) is 0 Å². The van der Waals surface area contributed by atoms with Crippen LogP contribution >= 0.6 is 23.2 Å². The third kappa shape index (κ3) is 5.58. The van der Waals surface area contributed by atoms with E-state index in [-0.39, 0.29) is 18.4 Å². The highest BCUT2D eigenvalue weighted by atomic mass is 35.5. The monoisotopic (exact) mass is 477 g/mol. The van der Waals surface area contributed by atoms with E-state index >= 15 is 0 Å². The van der Waals surface area contributed by atoms with Crippen LogP contribution in [-0.2, 0) is 11.2 Å². The minimum Gasteiger partial charge on any atom is -0.489 e. The molecule has 0 unspecified atom stereocenters. The van der Waals surface area contributed by atoms with Crippen LogP contribution in [0.3, 0.4) is 0 Å². The smallest absolute Gasteiger partial charge is 0.321 e. The van der Waals surface area contributed by atoms with Gasteiger partial charge >= 0.3 is 6.03 Å². The van der Waals surface area contributed by atoms with Crippen LogP contribution in [0.1, 0.15) is 18.4 Å². The quantitative estimate of drug-likeness (QED) is 0.707. The van der Waals surface area contributed by atoms with Crippen LogP contribution in [0.5, 0.6) is 11.5 Å². The van der Waals surface area contributed by atoms with Crippen molar-refractivity contribution < 1.29 is 19.1 Å². The van der Waals surface area contributed by atoms with Crippen molar-refractivity contribution in [1.82, 2.24) is 9.80 Å². The molecule has 0 bridgehead atoms. The summed E-state index contributed by atoms with van der Waals surface area (Å²) in [5.74, 6) is 1.12. The molecular formula is C23H25Cl2N3O4. The van der Waals surface area contributed by atoms with Gasteiger partial charge in [0.15, 0.2) is 11.5 Å². The van der Waals surface area contributed by atoms with Gasteiger partial charge in [0.1, 0.15) is 0 Å². The Morgan fingerprint density at radius 2 is 1.62 bits per heavy atom. The van der Waals surface area contributed by atoms with Crippen molar-refractivity contribution in [3.05, 3.63) is 52.0 Å². The number of ether oxygens (including phenoxy) is 2. The van der Waals surface area contributed by atoms with Crippen LogP contribution in [0.15, 0.2) is 36.4 Å². The fourth-order valence-corrected chi connectivity index (χ4v) is 4.19. The number of halogens is 2. The van der Waals surface area contributed by atoms with Crippen molar-refractivity contribution in [2.75, 3.05) is 44.7 Å². The van der Waals surface area contributed by atoms with Crippen molar-refractivity contribution in [1.29, 1.82) is 0 Å². The van der Waals surface area contributed by atoms with Gasteiger partial charge in [0, 0.05) is 43.3 Å². The zero-order valence-corrected chi connectivity index (χ0v) is 19.1. The number of amides is 3. The van der Waals surface area contributed by atoms with E-state index in [1.54, 1.807) is 40.1 Å². The highest BCUT2D eigenvalue weighted by molar-refractivity contribution is 6.32. The zero-order valence-electron chi connectivity index (χ0n) is 17.6. The fourth-order valence-electron chi connectivity index (χ4n) is 3.78. The molecule has 7 nitrogen and oxygen atoms in total. The molecule has 4 rings (SSSR count). The second kappa shape index (κ2) is 10.3. The van der Waals surface area contributed by atoms with E-state index in [2.05, 4.69) is 5.32 Å². The number of nitrogens with zero attached hydrogens (tertiary/aromatic N) is 2. The Morgan fingerprint density at radius 1 is 0.906 bits per heavy atom. The summed E-state index contributed by atoms with van der Waals surface area (Å²) in [6.07, 6.45) is 1.71. The van der Waals surface area contributed by atoms with Gasteiger partial charge in [-0.3, -0.25) is 4.79 Å². The van der Waals surface area contributed by atoms with Gasteiger partial charge in [-0.1, -0.05) is 23.2 Å². The first-order valence-electron chi connectivity index (χ1n) is 10.7. The predicted octanol–water partition coefficient (Wildman–Crippen LogP) is 4.46. The molecule has 2 heterocycles. The summed E-state index contributed by atoms with van der Waals surface area (Å²) in [4.78, 5) is 29.1. The summed E-state index contributed by atoms with van der Waals surface area (Å²) < 4.78 is 11.4. The molecule has 0 radical (unpaired) electrons. The highest BCUT2D eigenvalue weighted by Crippen LogP contribution is 2.38. The Labute approximate surface area is 197 Å². The summed E-state index contributed by atoms with van der Waals surface area (Å²) in [6.45, 7) is 3.24. The Balaban J connectivity index is 1.34. The molecule has 0 atom stereocenters. The molecule has 32 heavy (non-hydrogen) atoms. The van der Waals surface area contributed by atoms with Crippen molar-refractivity contribution in [3.63, 3.8) is 0 Å². The van der Waals surface area contributed by atoms with Crippen LogP contribution in [0.25, 0.3) is 0 Å². The van der Waals surface area contributed by atoms with Gasteiger partial charge < -0.3 is 24.6 Å². The molecule has 1 fully saturated rings. The number of carbonyl (C=O) groups is 2. The first-order chi connectivity index (χ1) is 15.5. The van der Waals surface area contributed by atoms with Crippen LogP contribution in [0, 0.1) is 0 Å². The number of hydrogen-bond acceptors (Lipinski definition) is 4. The van der Waals surface area contributed by atoms with E-state index in [1.807, 2.05) is 6.07 Å². The van der Waals surface area contributed by atoms with Gasteiger partial charge in [-0.25, -0.2) is 4.79 Å². The van der Waals surface area contributed by atoms with Gasteiger partial charge in [0.05, 0.1) is 24.7 Å². The lowest BCUT2D eigenvalue weighted by atomic mass is 10.1. The molecule has 1 saturated heterocycles. The molecule has 0 aromatic heterocycles. The molecule has 0 aliphatic carbocycles. The van der Waals surface area contributed by atoms with E-state index in [1.165, 1.54) is 0 Å². The van der Waals surface area contributed by atoms with Crippen molar-refractivity contribution in [2.24, 2.45) is 0 Å². The van der Waals surface area contributed by atoms with E-state index in [0.717, 1.165) is 12.0 Å². The summed E-state index contributed by atoms with van der Waals surface area (Å²) in [7, 11) is 0. The highest BCUT2D eigenvalue weighted by Gasteiger charge is 2.23. The lowest BCUT2D eigenvalue weighted by Gasteiger charge is -2.23. The second-order valence-corrected chi connectivity index (χ2v) is 8.63.